The summed E-state index contributed by atoms with van der Waals surface area (Å²) in [6, 6.07) is 7.62. The Kier molecular flexibility index (Phi) is 5.25. The van der Waals surface area contributed by atoms with E-state index in [9.17, 15) is 9.59 Å². The second-order valence-electron chi connectivity index (χ2n) is 6.15. The number of nitrogens with one attached hydrogen (secondary N) is 3. The summed E-state index contributed by atoms with van der Waals surface area (Å²) in [5.41, 5.74) is 1.66. The molecule has 0 atom stereocenters. The molecule has 0 aliphatic heterocycles. The number of benzene rings is 1. The van der Waals surface area contributed by atoms with Gasteiger partial charge in [0.05, 0.1) is 0 Å². The standard InChI is InChI=1S/C17H16IN5O3S/c18-7-9-2-1-3-11(6-9)26-8-12(24)19-14-13-15(23-22-14)20-17(27-13)21-16(25)10-4-5-10/h1-3,6,10H,4-5,7-8H2,(H3,19,20,21,22,23,24,25). The van der Waals surface area contributed by atoms with E-state index in [-0.39, 0.29) is 24.3 Å². The number of nitrogens with zero attached hydrogens (tertiary/aromatic N) is 2. The zero-order valence-electron chi connectivity index (χ0n) is 14.1. The topological polar surface area (TPSA) is 109 Å². The number of hydrogen-bond donors (Lipinski definition) is 3. The molecule has 0 saturated heterocycles. The van der Waals surface area contributed by atoms with Crippen LogP contribution < -0.4 is 15.4 Å². The van der Waals surface area contributed by atoms with Crippen molar-refractivity contribution in [3.63, 3.8) is 0 Å². The van der Waals surface area contributed by atoms with Crippen molar-refractivity contribution >= 4 is 67.0 Å². The maximum absolute atomic E-state index is 12.2. The Bertz CT molecular complexity index is 998. The Morgan fingerprint density at radius 2 is 2.19 bits per heavy atom. The molecule has 1 aliphatic rings. The molecular formula is C17H16IN5O3S. The van der Waals surface area contributed by atoms with Crippen LogP contribution in [-0.2, 0) is 14.0 Å². The van der Waals surface area contributed by atoms with Crippen LogP contribution in [0.2, 0.25) is 0 Å². The molecule has 4 rings (SSSR count). The summed E-state index contributed by atoms with van der Waals surface area (Å²) in [7, 11) is 0. The minimum Gasteiger partial charge on any atom is -0.484 e. The van der Waals surface area contributed by atoms with Crippen molar-refractivity contribution in [1.82, 2.24) is 15.2 Å². The number of aromatic amines is 1. The number of H-pyrrole nitrogens is 1. The summed E-state index contributed by atoms with van der Waals surface area (Å²) in [5.74, 6) is 0.804. The number of amides is 2. The van der Waals surface area contributed by atoms with Crippen LogP contribution in [0, 0.1) is 5.92 Å². The quantitative estimate of drug-likeness (QED) is 0.343. The van der Waals surface area contributed by atoms with Crippen molar-refractivity contribution in [3.8, 4) is 5.75 Å². The van der Waals surface area contributed by atoms with Crippen LogP contribution in [0.15, 0.2) is 24.3 Å². The van der Waals surface area contributed by atoms with Gasteiger partial charge in [-0.2, -0.15) is 5.10 Å². The van der Waals surface area contributed by atoms with Gasteiger partial charge in [0.15, 0.2) is 23.2 Å². The maximum atomic E-state index is 12.2. The van der Waals surface area contributed by atoms with E-state index in [1.54, 1.807) is 0 Å². The van der Waals surface area contributed by atoms with Crippen LogP contribution in [-0.4, -0.2) is 33.6 Å². The molecule has 0 radical (unpaired) electrons. The van der Waals surface area contributed by atoms with E-state index in [2.05, 4.69) is 48.4 Å². The fourth-order valence-corrected chi connectivity index (χ4v) is 3.78. The van der Waals surface area contributed by atoms with Gasteiger partial charge in [-0.3, -0.25) is 14.7 Å². The maximum Gasteiger partial charge on any atom is 0.263 e. The first-order valence-corrected chi connectivity index (χ1v) is 10.7. The van der Waals surface area contributed by atoms with E-state index in [1.807, 2.05) is 24.3 Å². The van der Waals surface area contributed by atoms with E-state index < -0.39 is 0 Å². The monoisotopic (exact) mass is 497 g/mol. The predicted molar refractivity (Wildman–Crippen MR) is 111 cm³/mol. The number of hydrogen-bond acceptors (Lipinski definition) is 6. The molecule has 2 heterocycles. The van der Waals surface area contributed by atoms with Crippen molar-refractivity contribution in [3.05, 3.63) is 29.8 Å². The molecule has 0 spiro atoms. The Labute approximate surface area is 172 Å². The lowest BCUT2D eigenvalue weighted by Gasteiger charge is -2.07. The largest absolute Gasteiger partial charge is 0.484 e. The number of fused-ring (bicyclic) bond motifs is 1. The summed E-state index contributed by atoms with van der Waals surface area (Å²) in [6.07, 6.45) is 1.86. The van der Waals surface area contributed by atoms with Crippen LogP contribution in [0.25, 0.3) is 10.3 Å². The van der Waals surface area contributed by atoms with E-state index in [0.717, 1.165) is 22.8 Å². The molecular weight excluding hydrogens is 481 g/mol. The molecule has 1 saturated carbocycles. The number of alkyl halides is 1. The van der Waals surface area contributed by atoms with E-state index in [4.69, 9.17) is 4.74 Å². The highest BCUT2D eigenvalue weighted by atomic mass is 127. The van der Waals surface area contributed by atoms with Crippen molar-refractivity contribution in [1.29, 1.82) is 0 Å². The third-order valence-electron chi connectivity index (χ3n) is 3.97. The molecule has 2 aromatic heterocycles. The second kappa shape index (κ2) is 7.80. The third kappa shape index (κ3) is 4.38. The summed E-state index contributed by atoms with van der Waals surface area (Å²) in [4.78, 5) is 28.3. The lowest BCUT2D eigenvalue weighted by Crippen LogP contribution is -2.20. The number of anilines is 2. The Morgan fingerprint density at radius 1 is 1.33 bits per heavy atom. The van der Waals surface area contributed by atoms with E-state index in [0.29, 0.717) is 27.0 Å². The number of ether oxygens (including phenoxy) is 1. The average molecular weight is 497 g/mol. The van der Waals surface area contributed by atoms with Gasteiger partial charge in [-0.15, -0.1) is 0 Å². The Balaban J connectivity index is 1.37. The molecule has 1 aliphatic carbocycles. The summed E-state index contributed by atoms with van der Waals surface area (Å²) >= 11 is 3.54. The molecule has 1 fully saturated rings. The molecule has 0 bridgehead atoms. The first-order valence-electron chi connectivity index (χ1n) is 8.35. The summed E-state index contributed by atoms with van der Waals surface area (Å²) in [6.45, 7) is -0.122. The number of aromatic nitrogens is 3. The summed E-state index contributed by atoms with van der Waals surface area (Å²) < 4.78 is 7.09. The Hall–Kier alpha value is -2.21. The molecule has 3 N–H and O–H groups in total. The first kappa shape index (κ1) is 18.2. The number of halogens is 1. The van der Waals surface area contributed by atoms with Crippen molar-refractivity contribution in [2.75, 3.05) is 17.2 Å². The SMILES string of the molecule is O=C(COc1cccc(CI)c1)Nc1n[nH]c2nc(NC(=O)C3CC3)sc12. The molecule has 27 heavy (non-hydrogen) atoms. The Morgan fingerprint density at radius 3 is 2.96 bits per heavy atom. The van der Waals surface area contributed by atoms with Gasteiger partial charge in [0.25, 0.3) is 5.91 Å². The zero-order chi connectivity index (χ0) is 18.8. The second-order valence-corrected chi connectivity index (χ2v) is 7.91. The normalized spacial score (nSPS) is 13.5. The average Bonchev–Trinajstić information content (AvgIpc) is 3.36. The highest BCUT2D eigenvalue weighted by Crippen LogP contribution is 2.33. The summed E-state index contributed by atoms with van der Waals surface area (Å²) in [5, 5.41) is 12.8. The van der Waals surface area contributed by atoms with Crippen molar-refractivity contribution in [2.45, 2.75) is 17.3 Å². The number of thiazole rings is 1. The van der Waals surface area contributed by atoms with Gasteiger partial charge in [0.2, 0.25) is 5.91 Å². The fourth-order valence-electron chi connectivity index (χ4n) is 2.44. The van der Waals surface area contributed by atoms with Gasteiger partial charge in [0.1, 0.15) is 10.4 Å². The van der Waals surface area contributed by atoms with E-state index >= 15 is 0 Å². The highest BCUT2D eigenvalue weighted by Gasteiger charge is 2.30. The van der Waals surface area contributed by atoms with Crippen molar-refractivity contribution in [2.24, 2.45) is 5.92 Å². The smallest absolute Gasteiger partial charge is 0.263 e. The minimum atomic E-state index is -0.319. The van der Waals surface area contributed by atoms with Crippen molar-refractivity contribution < 1.29 is 14.3 Å². The molecule has 10 heteroatoms. The van der Waals surface area contributed by atoms with Gasteiger partial charge < -0.3 is 15.4 Å². The van der Waals surface area contributed by atoms with Crippen LogP contribution in [0.3, 0.4) is 0 Å². The fraction of sp³-hybridized carbons (Fsp3) is 0.294. The molecule has 140 valence electrons. The lowest BCUT2D eigenvalue weighted by molar-refractivity contribution is -0.118. The highest BCUT2D eigenvalue weighted by molar-refractivity contribution is 14.1. The number of carbonyl (C=O) groups excluding carboxylic acids is 2. The van der Waals surface area contributed by atoms with Crippen LogP contribution in [0.5, 0.6) is 5.75 Å². The van der Waals surface area contributed by atoms with Crippen LogP contribution >= 0.6 is 33.9 Å². The van der Waals surface area contributed by atoms with Crippen LogP contribution in [0.1, 0.15) is 18.4 Å². The number of carbonyl (C=O) groups is 2. The lowest BCUT2D eigenvalue weighted by atomic mass is 10.2. The van der Waals surface area contributed by atoms with Gasteiger partial charge >= 0.3 is 0 Å². The molecule has 3 aromatic rings. The third-order valence-corrected chi connectivity index (χ3v) is 5.83. The van der Waals surface area contributed by atoms with E-state index in [1.165, 1.54) is 11.3 Å². The molecule has 1 aromatic carbocycles. The minimum absolute atomic E-state index is 0.00733. The molecule has 8 nitrogen and oxygen atoms in total. The molecule has 0 unspecified atom stereocenters. The predicted octanol–water partition coefficient (Wildman–Crippen LogP) is 3.32. The molecule has 2 amide bonds. The van der Waals surface area contributed by atoms with Gasteiger partial charge in [-0.1, -0.05) is 46.1 Å². The van der Waals surface area contributed by atoms with Gasteiger partial charge in [-0.25, -0.2) is 4.98 Å². The first-order chi connectivity index (χ1) is 13.1. The van der Waals surface area contributed by atoms with Crippen LogP contribution in [0.4, 0.5) is 10.9 Å². The zero-order valence-corrected chi connectivity index (χ0v) is 17.1. The van der Waals surface area contributed by atoms with Gasteiger partial charge in [-0.05, 0) is 30.5 Å². The van der Waals surface area contributed by atoms with Gasteiger partial charge in [0, 0.05) is 10.3 Å². The number of rotatable bonds is 7.